The molecule has 0 aliphatic heterocycles. The molecule has 1 aromatic carbocycles. The van der Waals surface area contributed by atoms with Gasteiger partial charge in [0.05, 0.1) is 11.3 Å². The highest BCUT2D eigenvalue weighted by Crippen LogP contribution is 2.29. The molecule has 1 amide bonds. The van der Waals surface area contributed by atoms with Gasteiger partial charge in [-0.2, -0.15) is 13.2 Å². The summed E-state index contributed by atoms with van der Waals surface area (Å²) in [6, 6.07) is 7.94. The van der Waals surface area contributed by atoms with Crippen molar-refractivity contribution >= 4 is 17.2 Å². The zero-order valence-electron chi connectivity index (χ0n) is 14.4. The normalized spacial score (nSPS) is 11.4. The third-order valence-corrected chi connectivity index (χ3v) is 5.20. The number of pyridine rings is 1. The molecule has 2 aromatic heterocycles. The summed E-state index contributed by atoms with van der Waals surface area (Å²) in [5, 5.41) is 3.62. The number of thiazole rings is 1. The van der Waals surface area contributed by atoms with E-state index in [-0.39, 0.29) is 5.56 Å². The number of rotatable bonds is 5. The van der Waals surface area contributed by atoms with Crippen LogP contribution in [0.2, 0.25) is 0 Å². The summed E-state index contributed by atoms with van der Waals surface area (Å²) in [5.41, 5.74) is 1.30. The molecule has 27 heavy (non-hydrogen) atoms. The van der Waals surface area contributed by atoms with Crippen molar-refractivity contribution in [1.29, 1.82) is 0 Å². The quantitative estimate of drug-likeness (QED) is 0.697. The van der Waals surface area contributed by atoms with Crippen LogP contribution in [0.3, 0.4) is 0 Å². The van der Waals surface area contributed by atoms with Gasteiger partial charge in [-0.3, -0.25) is 9.78 Å². The van der Waals surface area contributed by atoms with E-state index in [4.69, 9.17) is 0 Å². The predicted molar refractivity (Wildman–Crippen MR) is 97.6 cm³/mol. The number of halogens is 3. The molecule has 0 unspecified atom stereocenters. The molecule has 0 aliphatic carbocycles. The van der Waals surface area contributed by atoms with Crippen molar-refractivity contribution in [2.75, 3.05) is 6.54 Å². The van der Waals surface area contributed by atoms with Crippen molar-refractivity contribution in [3.05, 3.63) is 70.5 Å². The largest absolute Gasteiger partial charge is 0.416 e. The second-order valence-electron chi connectivity index (χ2n) is 5.84. The van der Waals surface area contributed by atoms with Gasteiger partial charge >= 0.3 is 6.18 Å². The summed E-state index contributed by atoms with van der Waals surface area (Å²) >= 11 is 1.55. The van der Waals surface area contributed by atoms with Gasteiger partial charge in [0.15, 0.2) is 0 Å². The molecule has 3 rings (SSSR count). The van der Waals surface area contributed by atoms with Crippen LogP contribution < -0.4 is 5.32 Å². The number of alkyl halides is 3. The maximum absolute atomic E-state index is 12.6. The van der Waals surface area contributed by atoms with Gasteiger partial charge in [-0.15, -0.1) is 11.3 Å². The minimum atomic E-state index is -4.41. The molecule has 0 spiro atoms. The van der Waals surface area contributed by atoms with Crippen LogP contribution in [-0.2, 0) is 12.6 Å². The fourth-order valence-corrected chi connectivity index (χ4v) is 3.55. The molecule has 0 saturated heterocycles. The first kappa shape index (κ1) is 19.0. The van der Waals surface area contributed by atoms with Gasteiger partial charge in [0.1, 0.15) is 5.01 Å². The number of benzene rings is 1. The summed E-state index contributed by atoms with van der Waals surface area (Å²) < 4.78 is 37.7. The van der Waals surface area contributed by atoms with Gasteiger partial charge < -0.3 is 5.32 Å². The molecule has 3 aromatic rings. The third kappa shape index (κ3) is 4.71. The molecular formula is C19H16F3N3OS. The van der Waals surface area contributed by atoms with E-state index in [9.17, 15) is 18.0 Å². The average molecular weight is 391 g/mol. The van der Waals surface area contributed by atoms with Gasteiger partial charge in [-0.05, 0) is 43.3 Å². The number of carbonyl (C=O) groups is 1. The van der Waals surface area contributed by atoms with E-state index in [1.165, 1.54) is 12.1 Å². The zero-order valence-corrected chi connectivity index (χ0v) is 15.2. The first-order chi connectivity index (χ1) is 12.8. The molecule has 0 saturated carbocycles. The maximum atomic E-state index is 12.6. The number of hydrogen-bond donors (Lipinski definition) is 1. The van der Waals surface area contributed by atoms with Crippen molar-refractivity contribution in [3.63, 3.8) is 0 Å². The fourth-order valence-electron chi connectivity index (χ4n) is 2.48. The Balaban J connectivity index is 1.58. The SMILES string of the molecule is Cc1nc(-c2ccncc2)sc1CCNC(=O)c1ccc(C(F)(F)F)cc1. The Morgan fingerprint density at radius 2 is 1.78 bits per heavy atom. The Hall–Kier alpha value is -2.74. The van der Waals surface area contributed by atoms with E-state index in [2.05, 4.69) is 15.3 Å². The Morgan fingerprint density at radius 3 is 2.41 bits per heavy atom. The topological polar surface area (TPSA) is 54.9 Å². The van der Waals surface area contributed by atoms with E-state index in [1.807, 2.05) is 19.1 Å². The first-order valence-corrected chi connectivity index (χ1v) is 8.98. The lowest BCUT2D eigenvalue weighted by Crippen LogP contribution is -2.25. The lowest BCUT2D eigenvalue weighted by molar-refractivity contribution is -0.137. The van der Waals surface area contributed by atoms with E-state index in [1.54, 1.807) is 23.7 Å². The molecule has 0 bridgehead atoms. The van der Waals surface area contributed by atoms with Crippen molar-refractivity contribution in [2.45, 2.75) is 19.5 Å². The van der Waals surface area contributed by atoms with Gasteiger partial charge in [0.2, 0.25) is 0 Å². The van der Waals surface area contributed by atoms with Gasteiger partial charge in [-0.25, -0.2) is 4.98 Å². The highest BCUT2D eigenvalue weighted by atomic mass is 32.1. The second-order valence-corrected chi connectivity index (χ2v) is 6.93. The second kappa shape index (κ2) is 7.87. The highest BCUT2D eigenvalue weighted by Gasteiger charge is 2.30. The van der Waals surface area contributed by atoms with Crippen LogP contribution in [0.5, 0.6) is 0 Å². The van der Waals surface area contributed by atoms with Crippen LogP contribution in [-0.4, -0.2) is 22.4 Å². The number of nitrogens with one attached hydrogen (secondary N) is 1. The van der Waals surface area contributed by atoms with E-state index in [0.717, 1.165) is 33.3 Å². The Morgan fingerprint density at radius 1 is 1.11 bits per heavy atom. The number of carbonyl (C=O) groups excluding carboxylic acids is 1. The van der Waals surface area contributed by atoms with Crippen LogP contribution in [0, 0.1) is 6.92 Å². The molecule has 140 valence electrons. The van der Waals surface area contributed by atoms with Crippen molar-refractivity contribution in [1.82, 2.24) is 15.3 Å². The predicted octanol–water partition coefficient (Wildman–Crippen LogP) is 4.50. The number of amides is 1. The summed E-state index contributed by atoms with van der Waals surface area (Å²) in [6.07, 6.45) is -0.405. The summed E-state index contributed by atoms with van der Waals surface area (Å²) in [5.74, 6) is -0.403. The summed E-state index contributed by atoms with van der Waals surface area (Å²) in [7, 11) is 0. The zero-order chi connectivity index (χ0) is 19.4. The summed E-state index contributed by atoms with van der Waals surface area (Å²) in [4.78, 5) is 21.7. The molecule has 0 radical (unpaired) electrons. The van der Waals surface area contributed by atoms with Crippen LogP contribution >= 0.6 is 11.3 Å². The van der Waals surface area contributed by atoms with E-state index in [0.29, 0.717) is 13.0 Å². The lowest BCUT2D eigenvalue weighted by Gasteiger charge is -2.08. The molecule has 8 heteroatoms. The molecule has 2 heterocycles. The minimum absolute atomic E-state index is 0.196. The Kier molecular flexibility index (Phi) is 5.55. The third-order valence-electron chi connectivity index (χ3n) is 3.93. The monoisotopic (exact) mass is 391 g/mol. The van der Waals surface area contributed by atoms with Gasteiger partial charge in [-0.1, -0.05) is 0 Å². The number of nitrogens with zero attached hydrogens (tertiary/aromatic N) is 2. The van der Waals surface area contributed by atoms with Crippen LogP contribution in [0.25, 0.3) is 10.6 Å². The van der Waals surface area contributed by atoms with Crippen molar-refractivity contribution in [2.24, 2.45) is 0 Å². The molecular weight excluding hydrogens is 375 g/mol. The smallest absolute Gasteiger partial charge is 0.352 e. The first-order valence-electron chi connectivity index (χ1n) is 8.17. The highest BCUT2D eigenvalue weighted by molar-refractivity contribution is 7.15. The van der Waals surface area contributed by atoms with Crippen LogP contribution in [0.15, 0.2) is 48.8 Å². The van der Waals surface area contributed by atoms with Crippen molar-refractivity contribution in [3.8, 4) is 10.6 Å². The molecule has 0 aliphatic rings. The molecule has 1 N–H and O–H groups in total. The number of hydrogen-bond acceptors (Lipinski definition) is 4. The molecule has 4 nitrogen and oxygen atoms in total. The van der Waals surface area contributed by atoms with Crippen LogP contribution in [0.1, 0.15) is 26.5 Å². The average Bonchev–Trinajstić information content (AvgIpc) is 3.02. The van der Waals surface area contributed by atoms with E-state index >= 15 is 0 Å². The van der Waals surface area contributed by atoms with Crippen LogP contribution in [0.4, 0.5) is 13.2 Å². The molecule has 0 atom stereocenters. The van der Waals surface area contributed by atoms with Gasteiger partial charge in [0, 0.05) is 41.4 Å². The Labute approximate surface area is 158 Å². The van der Waals surface area contributed by atoms with Gasteiger partial charge in [0.25, 0.3) is 5.91 Å². The maximum Gasteiger partial charge on any atom is 0.416 e. The number of aryl methyl sites for hydroxylation is 1. The fraction of sp³-hybridized carbons (Fsp3) is 0.211. The summed E-state index contributed by atoms with van der Waals surface area (Å²) in [6.45, 7) is 2.28. The van der Waals surface area contributed by atoms with E-state index < -0.39 is 17.6 Å². The Bertz CT molecular complexity index is 922. The minimum Gasteiger partial charge on any atom is -0.352 e. The molecule has 0 fully saturated rings. The van der Waals surface area contributed by atoms with Crippen molar-refractivity contribution < 1.29 is 18.0 Å². The lowest BCUT2D eigenvalue weighted by atomic mass is 10.1. The standard InChI is InChI=1S/C19H16F3N3OS/c1-12-16(27-18(25-12)14-6-9-23-10-7-14)8-11-24-17(26)13-2-4-15(5-3-13)19(20,21)22/h2-7,9-10H,8,11H2,1H3,(H,24,26). The number of aromatic nitrogens is 2.